The first-order chi connectivity index (χ1) is 7.84. The van der Waals surface area contributed by atoms with Crippen molar-refractivity contribution < 1.29 is 0 Å². The Bertz CT molecular complexity index is 623. The number of hydrogen-bond donors (Lipinski definition) is 0. The summed E-state index contributed by atoms with van der Waals surface area (Å²) in [5.41, 5.74) is 3.11. The molecule has 4 heteroatoms. The molecule has 88 valence electrons. The molecule has 0 aromatic carbocycles. The second kappa shape index (κ2) is 3.56. The van der Waals surface area contributed by atoms with E-state index in [1.807, 2.05) is 19.9 Å². The maximum Gasteiger partial charge on any atom is 0.173 e. The zero-order valence-electron chi connectivity index (χ0n) is 10.9. The second-order valence-corrected chi connectivity index (χ2v) is 5.38. The van der Waals surface area contributed by atoms with Gasteiger partial charge in [-0.3, -0.25) is 0 Å². The molecule has 0 saturated carbocycles. The monoisotopic (exact) mass is 228 g/mol. The standard InChI is InChI=1S/C13H16N4/c1-8-6-9(2)17-11(10(8)7-14)15-12(16-17)13(3,4)5/h6H,1-5H3. The number of nitriles is 1. The van der Waals surface area contributed by atoms with Gasteiger partial charge < -0.3 is 0 Å². The van der Waals surface area contributed by atoms with Crippen molar-refractivity contribution in [2.75, 3.05) is 0 Å². The van der Waals surface area contributed by atoms with E-state index in [1.165, 1.54) is 0 Å². The molecule has 2 aromatic heterocycles. The van der Waals surface area contributed by atoms with E-state index in [1.54, 1.807) is 4.52 Å². The number of nitrogens with zero attached hydrogens (tertiary/aromatic N) is 4. The average Bonchev–Trinajstić information content (AvgIpc) is 2.62. The third-order valence-electron chi connectivity index (χ3n) is 2.77. The van der Waals surface area contributed by atoms with Gasteiger partial charge in [0, 0.05) is 11.1 Å². The van der Waals surface area contributed by atoms with Gasteiger partial charge in [0.05, 0.1) is 5.56 Å². The van der Waals surface area contributed by atoms with Gasteiger partial charge in [-0.1, -0.05) is 20.8 Å². The van der Waals surface area contributed by atoms with Crippen LogP contribution in [0.25, 0.3) is 5.65 Å². The van der Waals surface area contributed by atoms with Gasteiger partial charge in [0.1, 0.15) is 6.07 Å². The van der Waals surface area contributed by atoms with E-state index in [-0.39, 0.29) is 5.41 Å². The van der Waals surface area contributed by atoms with Gasteiger partial charge in [-0.15, -0.1) is 0 Å². The Morgan fingerprint density at radius 1 is 1.29 bits per heavy atom. The van der Waals surface area contributed by atoms with Crippen LogP contribution >= 0.6 is 0 Å². The predicted octanol–water partition coefficient (Wildman–Crippen LogP) is 2.52. The van der Waals surface area contributed by atoms with Crippen molar-refractivity contribution in [3.63, 3.8) is 0 Å². The van der Waals surface area contributed by atoms with Crippen molar-refractivity contribution >= 4 is 5.65 Å². The van der Waals surface area contributed by atoms with Crippen LogP contribution in [0, 0.1) is 25.2 Å². The van der Waals surface area contributed by atoms with Gasteiger partial charge in [0.25, 0.3) is 0 Å². The Balaban J connectivity index is 2.86. The quantitative estimate of drug-likeness (QED) is 0.696. The molecular weight excluding hydrogens is 212 g/mol. The Morgan fingerprint density at radius 3 is 2.47 bits per heavy atom. The molecule has 0 bridgehead atoms. The Hall–Kier alpha value is -1.89. The van der Waals surface area contributed by atoms with Crippen molar-refractivity contribution in [3.05, 3.63) is 28.7 Å². The normalized spacial score (nSPS) is 11.8. The summed E-state index contributed by atoms with van der Waals surface area (Å²) in [6, 6.07) is 4.17. The minimum Gasteiger partial charge on any atom is -0.217 e. The molecule has 0 saturated heterocycles. The summed E-state index contributed by atoms with van der Waals surface area (Å²) in [7, 11) is 0. The smallest absolute Gasteiger partial charge is 0.173 e. The minimum atomic E-state index is -0.112. The summed E-state index contributed by atoms with van der Waals surface area (Å²) in [5.74, 6) is 0.766. The Morgan fingerprint density at radius 2 is 1.94 bits per heavy atom. The molecule has 0 unspecified atom stereocenters. The number of pyridine rings is 1. The fourth-order valence-electron chi connectivity index (χ4n) is 1.80. The predicted molar refractivity (Wildman–Crippen MR) is 65.9 cm³/mol. The highest BCUT2D eigenvalue weighted by Gasteiger charge is 2.21. The Kier molecular flexibility index (Phi) is 2.43. The van der Waals surface area contributed by atoms with Gasteiger partial charge in [-0.05, 0) is 25.5 Å². The number of hydrogen-bond acceptors (Lipinski definition) is 3. The van der Waals surface area contributed by atoms with Crippen LogP contribution in [-0.2, 0) is 5.41 Å². The van der Waals surface area contributed by atoms with Crippen LogP contribution in [0.4, 0.5) is 0 Å². The fourth-order valence-corrected chi connectivity index (χ4v) is 1.80. The van der Waals surface area contributed by atoms with E-state index in [2.05, 4.69) is 36.9 Å². The molecule has 2 rings (SSSR count). The number of fused-ring (bicyclic) bond motifs is 1. The molecule has 2 aromatic rings. The van der Waals surface area contributed by atoms with Gasteiger partial charge in [0.2, 0.25) is 0 Å². The first-order valence-corrected chi connectivity index (χ1v) is 5.62. The van der Waals surface area contributed by atoms with Gasteiger partial charge in [0.15, 0.2) is 11.5 Å². The van der Waals surface area contributed by atoms with E-state index in [4.69, 9.17) is 0 Å². The summed E-state index contributed by atoms with van der Waals surface area (Å²) in [6.45, 7) is 10.1. The first kappa shape index (κ1) is 11.6. The first-order valence-electron chi connectivity index (χ1n) is 5.62. The topological polar surface area (TPSA) is 54.0 Å². The Labute approximate surface area is 101 Å². The molecule has 2 heterocycles. The van der Waals surface area contributed by atoms with Crippen molar-refractivity contribution in [2.45, 2.75) is 40.0 Å². The van der Waals surface area contributed by atoms with Crippen molar-refractivity contribution in [1.82, 2.24) is 14.6 Å². The molecule has 0 N–H and O–H groups in total. The van der Waals surface area contributed by atoms with Crippen LogP contribution in [0.3, 0.4) is 0 Å². The fraction of sp³-hybridized carbons (Fsp3) is 0.462. The summed E-state index contributed by atoms with van der Waals surface area (Å²) >= 11 is 0. The molecule has 17 heavy (non-hydrogen) atoms. The molecule has 0 aliphatic rings. The van der Waals surface area contributed by atoms with Crippen LogP contribution < -0.4 is 0 Å². The molecular formula is C13H16N4. The molecule has 0 amide bonds. The van der Waals surface area contributed by atoms with E-state index in [0.717, 1.165) is 17.1 Å². The minimum absolute atomic E-state index is 0.112. The van der Waals surface area contributed by atoms with Crippen LogP contribution in [0.1, 0.15) is 43.4 Å². The third kappa shape index (κ3) is 1.78. The van der Waals surface area contributed by atoms with Crippen LogP contribution in [0.15, 0.2) is 6.07 Å². The van der Waals surface area contributed by atoms with Gasteiger partial charge >= 0.3 is 0 Å². The van der Waals surface area contributed by atoms with Gasteiger partial charge in [-0.2, -0.15) is 10.4 Å². The average molecular weight is 228 g/mol. The maximum atomic E-state index is 9.19. The van der Waals surface area contributed by atoms with Crippen LogP contribution in [0.5, 0.6) is 0 Å². The van der Waals surface area contributed by atoms with Crippen LogP contribution in [-0.4, -0.2) is 14.6 Å². The van der Waals surface area contributed by atoms with Crippen molar-refractivity contribution in [1.29, 1.82) is 5.26 Å². The molecule has 0 aliphatic heterocycles. The number of aryl methyl sites for hydroxylation is 2. The van der Waals surface area contributed by atoms with E-state index < -0.39 is 0 Å². The lowest BCUT2D eigenvalue weighted by Gasteiger charge is -2.11. The summed E-state index contributed by atoms with van der Waals surface area (Å²) in [5, 5.41) is 13.7. The lowest BCUT2D eigenvalue weighted by atomic mass is 9.96. The summed E-state index contributed by atoms with van der Waals surface area (Å²) in [4.78, 5) is 4.51. The largest absolute Gasteiger partial charge is 0.217 e. The second-order valence-electron chi connectivity index (χ2n) is 5.38. The highest BCUT2D eigenvalue weighted by molar-refractivity contribution is 5.59. The maximum absolute atomic E-state index is 9.19. The highest BCUT2D eigenvalue weighted by atomic mass is 15.3. The lowest BCUT2D eigenvalue weighted by Crippen LogP contribution is -2.13. The number of aromatic nitrogens is 3. The zero-order valence-corrected chi connectivity index (χ0v) is 10.9. The van der Waals surface area contributed by atoms with Crippen molar-refractivity contribution in [2.24, 2.45) is 0 Å². The summed E-state index contributed by atoms with van der Waals surface area (Å²) < 4.78 is 1.76. The molecule has 0 radical (unpaired) electrons. The van der Waals surface area contributed by atoms with E-state index in [0.29, 0.717) is 11.2 Å². The lowest BCUT2D eigenvalue weighted by molar-refractivity contribution is 0.544. The number of rotatable bonds is 0. The van der Waals surface area contributed by atoms with Crippen molar-refractivity contribution in [3.8, 4) is 6.07 Å². The molecule has 4 nitrogen and oxygen atoms in total. The molecule has 0 spiro atoms. The molecule has 0 fully saturated rings. The molecule has 0 aliphatic carbocycles. The van der Waals surface area contributed by atoms with Gasteiger partial charge in [-0.25, -0.2) is 9.50 Å². The highest BCUT2D eigenvalue weighted by Crippen LogP contribution is 2.22. The van der Waals surface area contributed by atoms with Crippen LogP contribution in [0.2, 0.25) is 0 Å². The van der Waals surface area contributed by atoms with E-state index in [9.17, 15) is 5.26 Å². The zero-order chi connectivity index (χ0) is 12.8. The SMILES string of the molecule is Cc1cc(C)n2nc(C(C)(C)C)nc2c1C#N. The van der Waals surface area contributed by atoms with E-state index >= 15 is 0 Å². The summed E-state index contributed by atoms with van der Waals surface area (Å²) in [6.07, 6.45) is 0. The molecule has 0 atom stereocenters. The third-order valence-corrected chi connectivity index (χ3v) is 2.77.